The topological polar surface area (TPSA) is 79.3 Å². The lowest BCUT2D eigenvalue weighted by Gasteiger charge is -2.15. The summed E-state index contributed by atoms with van der Waals surface area (Å²) in [5.41, 5.74) is 4.20. The van der Waals surface area contributed by atoms with Crippen LogP contribution in [0.4, 0.5) is 0 Å². The van der Waals surface area contributed by atoms with Crippen molar-refractivity contribution in [1.82, 2.24) is 10.3 Å². The summed E-state index contributed by atoms with van der Waals surface area (Å²) in [6.07, 6.45) is 11.2. The van der Waals surface area contributed by atoms with Crippen molar-refractivity contribution < 1.29 is 14.7 Å². The number of rotatable bonds is 11. The van der Waals surface area contributed by atoms with Gasteiger partial charge in [-0.15, -0.1) is 0 Å². The highest BCUT2D eigenvalue weighted by Gasteiger charge is 2.21. The molecule has 0 aliphatic heterocycles. The van der Waals surface area contributed by atoms with Crippen LogP contribution in [0, 0.1) is 0 Å². The fraction of sp³-hybridized carbons (Fsp3) is 0.480. The number of hydrogen-bond acceptors (Lipinski definition) is 3. The van der Waals surface area contributed by atoms with Gasteiger partial charge in [-0.25, -0.2) is 4.79 Å². The molecule has 1 aliphatic rings. The molecule has 0 fully saturated rings. The van der Waals surface area contributed by atoms with Gasteiger partial charge in [0.2, 0.25) is 0 Å². The first-order valence-corrected chi connectivity index (χ1v) is 11.7. The first-order valence-electron chi connectivity index (χ1n) is 11.3. The van der Waals surface area contributed by atoms with Crippen LogP contribution >= 0.6 is 11.6 Å². The Bertz CT molecular complexity index is 900. The Morgan fingerprint density at radius 1 is 1.00 bits per heavy atom. The van der Waals surface area contributed by atoms with Gasteiger partial charge in [-0.2, -0.15) is 0 Å². The number of benzene rings is 1. The standard InChI is InChI=1S/C25H31ClN2O3/c26-21-13-8-7-12-20(21)24(29)28-23(25(30)31)15-5-3-1-2-4-11-19-17-16-18-10-6-9-14-22(18)27-19/h7-8,12-13,16-17,23H,1-6,9-11,14-15H2,(H,28,29)(H,30,31). The molecule has 1 unspecified atom stereocenters. The number of amides is 1. The predicted molar refractivity (Wildman–Crippen MR) is 123 cm³/mol. The number of fused-ring (bicyclic) bond motifs is 1. The molecule has 2 N–H and O–H groups in total. The molecular weight excluding hydrogens is 412 g/mol. The largest absolute Gasteiger partial charge is 0.480 e. The lowest BCUT2D eigenvalue weighted by atomic mass is 9.95. The fourth-order valence-corrected chi connectivity index (χ4v) is 4.31. The number of carbonyl (C=O) groups excluding carboxylic acids is 1. The SMILES string of the molecule is O=C(NC(CCCCCCCc1ccc2c(n1)CCCC2)C(=O)O)c1ccccc1Cl. The van der Waals surface area contributed by atoms with Gasteiger partial charge in [-0.1, -0.05) is 55.5 Å². The van der Waals surface area contributed by atoms with Gasteiger partial charge in [0.1, 0.15) is 6.04 Å². The van der Waals surface area contributed by atoms with E-state index >= 15 is 0 Å². The summed E-state index contributed by atoms with van der Waals surface area (Å²) in [5.74, 6) is -1.46. The zero-order chi connectivity index (χ0) is 22.1. The quantitative estimate of drug-likeness (QED) is 0.458. The summed E-state index contributed by atoms with van der Waals surface area (Å²) in [6.45, 7) is 0. The molecule has 1 aliphatic carbocycles. The van der Waals surface area contributed by atoms with E-state index in [0.717, 1.165) is 44.9 Å². The number of hydrogen-bond donors (Lipinski definition) is 2. The number of pyridine rings is 1. The van der Waals surface area contributed by atoms with Gasteiger partial charge in [0, 0.05) is 11.4 Å². The van der Waals surface area contributed by atoms with Crippen LogP contribution in [0.1, 0.15) is 78.7 Å². The van der Waals surface area contributed by atoms with E-state index in [1.54, 1.807) is 24.3 Å². The second kappa shape index (κ2) is 11.8. The molecule has 0 bridgehead atoms. The van der Waals surface area contributed by atoms with Gasteiger partial charge < -0.3 is 10.4 Å². The van der Waals surface area contributed by atoms with Crippen molar-refractivity contribution in [1.29, 1.82) is 0 Å². The third-order valence-electron chi connectivity index (χ3n) is 5.88. The van der Waals surface area contributed by atoms with E-state index < -0.39 is 17.9 Å². The summed E-state index contributed by atoms with van der Waals surface area (Å²) in [6, 6.07) is 10.2. The molecule has 6 heteroatoms. The van der Waals surface area contributed by atoms with E-state index in [2.05, 4.69) is 17.4 Å². The van der Waals surface area contributed by atoms with Crippen LogP contribution in [0.5, 0.6) is 0 Å². The Hall–Kier alpha value is -2.40. The van der Waals surface area contributed by atoms with Crippen molar-refractivity contribution in [2.45, 2.75) is 76.7 Å². The Morgan fingerprint density at radius 3 is 2.55 bits per heavy atom. The maximum Gasteiger partial charge on any atom is 0.326 e. The van der Waals surface area contributed by atoms with E-state index in [1.807, 2.05) is 0 Å². The number of carboxylic acids is 1. The molecule has 5 nitrogen and oxygen atoms in total. The number of halogens is 1. The molecule has 1 heterocycles. The Balaban J connectivity index is 1.34. The molecule has 1 aromatic carbocycles. The minimum absolute atomic E-state index is 0.297. The Labute approximate surface area is 189 Å². The van der Waals surface area contributed by atoms with E-state index in [1.165, 1.54) is 36.2 Å². The molecule has 1 amide bonds. The molecule has 1 aromatic heterocycles. The minimum atomic E-state index is -1.01. The minimum Gasteiger partial charge on any atom is -0.480 e. The third-order valence-corrected chi connectivity index (χ3v) is 6.21. The second-order valence-corrected chi connectivity index (χ2v) is 8.67. The van der Waals surface area contributed by atoms with E-state index in [-0.39, 0.29) is 0 Å². The normalized spacial score (nSPS) is 14.0. The number of aromatic nitrogens is 1. The van der Waals surface area contributed by atoms with E-state index in [0.29, 0.717) is 17.0 Å². The molecule has 2 aromatic rings. The van der Waals surface area contributed by atoms with Crippen LogP contribution in [0.15, 0.2) is 36.4 Å². The average molecular weight is 443 g/mol. The maximum atomic E-state index is 12.3. The molecule has 0 radical (unpaired) electrons. The molecule has 0 spiro atoms. The summed E-state index contributed by atoms with van der Waals surface area (Å²) in [5, 5.41) is 12.3. The molecule has 1 atom stereocenters. The van der Waals surface area contributed by atoms with Crippen LogP contribution in [0.2, 0.25) is 5.02 Å². The van der Waals surface area contributed by atoms with Gasteiger partial charge in [0.15, 0.2) is 0 Å². The Kier molecular flexibility index (Phi) is 8.89. The van der Waals surface area contributed by atoms with Crippen molar-refractivity contribution in [3.63, 3.8) is 0 Å². The average Bonchev–Trinajstić information content (AvgIpc) is 2.77. The third kappa shape index (κ3) is 7.06. The zero-order valence-corrected chi connectivity index (χ0v) is 18.7. The predicted octanol–water partition coefficient (Wildman–Crippen LogP) is 5.38. The lowest BCUT2D eigenvalue weighted by molar-refractivity contribution is -0.139. The van der Waals surface area contributed by atoms with Crippen molar-refractivity contribution in [3.8, 4) is 0 Å². The summed E-state index contributed by atoms with van der Waals surface area (Å²) in [7, 11) is 0. The molecule has 166 valence electrons. The maximum absolute atomic E-state index is 12.3. The molecule has 31 heavy (non-hydrogen) atoms. The highest BCUT2D eigenvalue weighted by molar-refractivity contribution is 6.33. The zero-order valence-electron chi connectivity index (χ0n) is 17.9. The molecular formula is C25H31ClN2O3. The highest BCUT2D eigenvalue weighted by atomic mass is 35.5. The summed E-state index contributed by atoms with van der Waals surface area (Å²) >= 11 is 6.02. The molecule has 3 rings (SSSR count). The smallest absolute Gasteiger partial charge is 0.326 e. The number of nitrogens with zero attached hydrogens (tertiary/aromatic N) is 1. The molecule has 0 saturated carbocycles. The second-order valence-electron chi connectivity index (χ2n) is 8.27. The summed E-state index contributed by atoms with van der Waals surface area (Å²) in [4.78, 5) is 28.7. The lowest BCUT2D eigenvalue weighted by Crippen LogP contribution is -2.40. The number of unbranched alkanes of at least 4 members (excludes halogenated alkanes) is 4. The van der Waals surface area contributed by atoms with Gasteiger partial charge in [-0.3, -0.25) is 9.78 Å². The van der Waals surface area contributed by atoms with Crippen molar-refractivity contribution in [2.24, 2.45) is 0 Å². The van der Waals surface area contributed by atoms with Crippen LogP contribution < -0.4 is 5.32 Å². The van der Waals surface area contributed by atoms with Crippen LogP contribution in [-0.2, 0) is 24.1 Å². The van der Waals surface area contributed by atoms with Gasteiger partial charge in [0.25, 0.3) is 5.91 Å². The van der Waals surface area contributed by atoms with Crippen LogP contribution in [0.25, 0.3) is 0 Å². The number of carbonyl (C=O) groups is 2. The van der Waals surface area contributed by atoms with Crippen molar-refractivity contribution in [2.75, 3.05) is 0 Å². The number of aryl methyl sites for hydroxylation is 3. The first-order chi connectivity index (χ1) is 15.0. The van der Waals surface area contributed by atoms with E-state index in [9.17, 15) is 14.7 Å². The fourth-order valence-electron chi connectivity index (χ4n) is 4.09. The monoisotopic (exact) mass is 442 g/mol. The van der Waals surface area contributed by atoms with Crippen molar-refractivity contribution in [3.05, 3.63) is 63.9 Å². The van der Waals surface area contributed by atoms with Crippen LogP contribution in [0.3, 0.4) is 0 Å². The number of carboxylic acid groups (broad SMARTS) is 1. The van der Waals surface area contributed by atoms with E-state index in [4.69, 9.17) is 16.6 Å². The first kappa shape index (κ1) is 23.3. The van der Waals surface area contributed by atoms with Gasteiger partial charge in [0.05, 0.1) is 10.6 Å². The summed E-state index contributed by atoms with van der Waals surface area (Å²) < 4.78 is 0. The van der Waals surface area contributed by atoms with Crippen molar-refractivity contribution >= 4 is 23.5 Å². The molecule has 0 saturated heterocycles. The number of nitrogens with one attached hydrogen (secondary N) is 1. The van der Waals surface area contributed by atoms with Crippen LogP contribution in [-0.4, -0.2) is 28.0 Å². The number of aliphatic carboxylic acids is 1. The van der Waals surface area contributed by atoms with Gasteiger partial charge in [-0.05, 0) is 68.7 Å². The Morgan fingerprint density at radius 2 is 1.74 bits per heavy atom. The highest BCUT2D eigenvalue weighted by Crippen LogP contribution is 2.20. The van der Waals surface area contributed by atoms with Gasteiger partial charge >= 0.3 is 5.97 Å².